The number of hydrogen-bond donors (Lipinski definition) is 1. The number of imidazole rings is 1. The molecule has 0 amide bonds. The molecule has 21 heavy (non-hydrogen) atoms. The van der Waals surface area contributed by atoms with Gasteiger partial charge in [-0.1, -0.05) is 6.07 Å². The molecule has 3 aromatic rings. The number of aromatic amines is 1. The molecule has 0 atom stereocenters. The van der Waals surface area contributed by atoms with Crippen LogP contribution in [0.25, 0.3) is 22.4 Å². The number of nitrogens with zero attached hydrogens (tertiary/aromatic N) is 1. The van der Waals surface area contributed by atoms with E-state index in [0.29, 0.717) is 28.4 Å². The third-order valence-electron chi connectivity index (χ3n) is 3.21. The normalized spacial score (nSPS) is 10.9. The summed E-state index contributed by atoms with van der Waals surface area (Å²) in [4.78, 5) is 7.08. The van der Waals surface area contributed by atoms with Crippen LogP contribution in [-0.4, -0.2) is 24.2 Å². The van der Waals surface area contributed by atoms with Gasteiger partial charge in [0.05, 0.1) is 19.7 Å². The molecule has 0 bridgehead atoms. The Balaban J connectivity index is 2.28. The van der Waals surface area contributed by atoms with Crippen molar-refractivity contribution >= 4 is 11.0 Å². The Hall–Kier alpha value is -2.63. The summed E-state index contributed by atoms with van der Waals surface area (Å²) >= 11 is 0. The summed E-state index contributed by atoms with van der Waals surface area (Å²) in [6.45, 7) is 0. The SMILES string of the molecule is COc1cccc(OC)c1-c1nc2c(F)c(F)ccc2[nH]1. The minimum absolute atomic E-state index is 0.0574. The lowest BCUT2D eigenvalue weighted by atomic mass is 10.1. The fraction of sp³-hybridized carbons (Fsp3) is 0.133. The molecule has 0 spiro atoms. The highest BCUT2D eigenvalue weighted by molar-refractivity contribution is 5.83. The smallest absolute Gasteiger partial charge is 0.186 e. The highest BCUT2D eigenvalue weighted by Gasteiger charge is 2.18. The molecule has 0 aliphatic rings. The fourth-order valence-electron chi connectivity index (χ4n) is 2.22. The van der Waals surface area contributed by atoms with E-state index in [9.17, 15) is 8.78 Å². The van der Waals surface area contributed by atoms with Crippen molar-refractivity contribution in [3.63, 3.8) is 0 Å². The Bertz CT molecular complexity index is 793. The van der Waals surface area contributed by atoms with Crippen LogP contribution in [0.5, 0.6) is 11.5 Å². The summed E-state index contributed by atoms with van der Waals surface area (Å²) in [6, 6.07) is 7.74. The Morgan fingerprint density at radius 3 is 2.29 bits per heavy atom. The highest BCUT2D eigenvalue weighted by atomic mass is 19.2. The molecule has 1 aromatic heterocycles. The second kappa shape index (κ2) is 5.05. The molecule has 0 saturated heterocycles. The topological polar surface area (TPSA) is 47.1 Å². The first-order valence-electron chi connectivity index (χ1n) is 6.20. The lowest BCUT2D eigenvalue weighted by Gasteiger charge is -2.10. The predicted octanol–water partition coefficient (Wildman–Crippen LogP) is 3.53. The quantitative estimate of drug-likeness (QED) is 0.802. The molecule has 4 nitrogen and oxygen atoms in total. The van der Waals surface area contributed by atoms with E-state index in [4.69, 9.17) is 9.47 Å². The van der Waals surface area contributed by atoms with E-state index in [0.717, 1.165) is 6.07 Å². The zero-order valence-electron chi connectivity index (χ0n) is 11.4. The molecule has 0 saturated carbocycles. The van der Waals surface area contributed by atoms with Gasteiger partial charge < -0.3 is 14.5 Å². The largest absolute Gasteiger partial charge is 0.496 e. The summed E-state index contributed by atoms with van der Waals surface area (Å²) in [5.74, 6) is -0.524. The second-order valence-corrected chi connectivity index (χ2v) is 4.38. The maximum Gasteiger partial charge on any atom is 0.186 e. The van der Waals surface area contributed by atoms with E-state index in [-0.39, 0.29) is 5.52 Å². The Morgan fingerprint density at radius 2 is 1.67 bits per heavy atom. The molecule has 0 aliphatic carbocycles. The van der Waals surface area contributed by atoms with E-state index in [1.54, 1.807) is 18.2 Å². The molecule has 0 radical (unpaired) electrons. The Kier molecular flexibility index (Phi) is 3.21. The summed E-state index contributed by atoms with van der Waals surface area (Å²) in [5.41, 5.74) is 0.897. The second-order valence-electron chi connectivity index (χ2n) is 4.38. The molecular weight excluding hydrogens is 278 g/mol. The summed E-state index contributed by atoms with van der Waals surface area (Å²) < 4.78 is 37.6. The van der Waals surface area contributed by atoms with Gasteiger partial charge in [-0.05, 0) is 24.3 Å². The molecule has 2 aromatic carbocycles. The lowest BCUT2D eigenvalue weighted by Crippen LogP contribution is -1.94. The van der Waals surface area contributed by atoms with Gasteiger partial charge in [0.1, 0.15) is 28.4 Å². The van der Waals surface area contributed by atoms with Crippen LogP contribution in [0.2, 0.25) is 0 Å². The molecule has 6 heteroatoms. The van der Waals surface area contributed by atoms with Crippen molar-refractivity contribution in [3.05, 3.63) is 42.0 Å². The number of rotatable bonds is 3. The lowest BCUT2D eigenvalue weighted by molar-refractivity contribution is 0.397. The van der Waals surface area contributed by atoms with Gasteiger partial charge in [0.15, 0.2) is 11.6 Å². The van der Waals surface area contributed by atoms with Crippen LogP contribution in [0.3, 0.4) is 0 Å². The standard InChI is InChI=1S/C15H12F2N2O2/c1-20-10-4-3-5-11(21-2)12(10)15-18-9-7-6-8(16)13(17)14(9)19-15/h3-7H,1-2H3,(H,18,19). The minimum Gasteiger partial charge on any atom is -0.496 e. The van der Waals surface area contributed by atoms with Crippen LogP contribution in [0.4, 0.5) is 8.78 Å². The molecule has 1 heterocycles. The summed E-state index contributed by atoms with van der Waals surface area (Å²) in [6.07, 6.45) is 0. The van der Waals surface area contributed by atoms with Crippen LogP contribution in [0, 0.1) is 11.6 Å². The fourth-order valence-corrected chi connectivity index (χ4v) is 2.22. The van der Waals surface area contributed by atoms with Crippen molar-refractivity contribution in [1.82, 2.24) is 9.97 Å². The van der Waals surface area contributed by atoms with Crippen LogP contribution < -0.4 is 9.47 Å². The van der Waals surface area contributed by atoms with Crippen molar-refractivity contribution in [2.24, 2.45) is 0 Å². The third kappa shape index (κ3) is 2.08. The van der Waals surface area contributed by atoms with E-state index in [1.165, 1.54) is 20.3 Å². The van der Waals surface area contributed by atoms with E-state index in [1.807, 2.05) is 0 Å². The predicted molar refractivity (Wildman–Crippen MR) is 74.5 cm³/mol. The molecule has 108 valence electrons. The molecule has 0 unspecified atom stereocenters. The van der Waals surface area contributed by atoms with Crippen molar-refractivity contribution < 1.29 is 18.3 Å². The molecule has 0 aliphatic heterocycles. The molecule has 1 N–H and O–H groups in total. The number of H-pyrrole nitrogens is 1. The zero-order chi connectivity index (χ0) is 15.0. The molecule has 0 fully saturated rings. The van der Waals surface area contributed by atoms with Gasteiger partial charge in [0.25, 0.3) is 0 Å². The highest BCUT2D eigenvalue weighted by Crippen LogP contribution is 2.37. The molecule has 3 rings (SSSR count). The number of hydrogen-bond acceptors (Lipinski definition) is 3. The van der Waals surface area contributed by atoms with Gasteiger partial charge in [-0.15, -0.1) is 0 Å². The van der Waals surface area contributed by atoms with Gasteiger partial charge in [-0.3, -0.25) is 0 Å². The van der Waals surface area contributed by atoms with Crippen LogP contribution in [-0.2, 0) is 0 Å². The van der Waals surface area contributed by atoms with Crippen LogP contribution >= 0.6 is 0 Å². The van der Waals surface area contributed by atoms with Crippen molar-refractivity contribution in [1.29, 1.82) is 0 Å². The first-order chi connectivity index (χ1) is 10.2. The first-order valence-corrected chi connectivity index (χ1v) is 6.20. The maximum atomic E-state index is 13.8. The van der Waals surface area contributed by atoms with E-state index < -0.39 is 11.6 Å². The number of ether oxygens (including phenoxy) is 2. The van der Waals surface area contributed by atoms with Gasteiger partial charge in [0, 0.05) is 0 Å². The minimum atomic E-state index is -0.983. The van der Waals surface area contributed by atoms with Gasteiger partial charge in [-0.25, -0.2) is 13.8 Å². The monoisotopic (exact) mass is 290 g/mol. The third-order valence-corrected chi connectivity index (χ3v) is 3.21. The average Bonchev–Trinajstić information content (AvgIpc) is 2.94. The van der Waals surface area contributed by atoms with Crippen molar-refractivity contribution in [2.45, 2.75) is 0 Å². The van der Waals surface area contributed by atoms with Crippen LogP contribution in [0.15, 0.2) is 30.3 Å². The number of benzene rings is 2. The number of methoxy groups -OCH3 is 2. The Morgan fingerprint density at radius 1 is 1.00 bits per heavy atom. The molecular formula is C15H12F2N2O2. The van der Waals surface area contributed by atoms with Crippen molar-refractivity contribution in [2.75, 3.05) is 14.2 Å². The zero-order valence-corrected chi connectivity index (χ0v) is 11.4. The first kappa shape index (κ1) is 13.4. The summed E-state index contributed by atoms with van der Waals surface area (Å²) in [7, 11) is 3.03. The average molecular weight is 290 g/mol. The van der Waals surface area contributed by atoms with Gasteiger partial charge >= 0.3 is 0 Å². The number of halogens is 2. The van der Waals surface area contributed by atoms with E-state index >= 15 is 0 Å². The number of aromatic nitrogens is 2. The van der Waals surface area contributed by atoms with Crippen molar-refractivity contribution in [3.8, 4) is 22.9 Å². The van der Waals surface area contributed by atoms with E-state index in [2.05, 4.69) is 9.97 Å². The van der Waals surface area contributed by atoms with Crippen LogP contribution in [0.1, 0.15) is 0 Å². The van der Waals surface area contributed by atoms with Gasteiger partial charge in [-0.2, -0.15) is 0 Å². The number of fused-ring (bicyclic) bond motifs is 1. The maximum absolute atomic E-state index is 13.8. The van der Waals surface area contributed by atoms with Gasteiger partial charge in [0.2, 0.25) is 0 Å². The summed E-state index contributed by atoms with van der Waals surface area (Å²) in [5, 5.41) is 0. The number of nitrogens with one attached hydrogen (secondary N) is 1. The Labute approximate surface area is 119 Å².